The quantitative estimate of drug-likeness (QED) is 0.578. The highest BCUT2D eigenvalue weighted by atomic mass is 35.5. The summed E-state index contributed by atoms with van der Waals surface area (Å²) >= 11 is 6.00. The van der Waals surface area contributed by atoms with E-state index in [4.69, 9.17) is 11.6 Å². The van der Waals surface area contributed by atoms with Crippen molar-refractivity contribution in [1.82, 2.24) is 15.1 Å². The molecule has 1 N–H and O–H groups in total. The van der Waals surface area contributed by atoms with Crippen LogP contribution in [0.5, 0.6) is 0 Å². The maximum Gasteiger partial charge on any atom is 0.227 e. The number of hydrogen-bond donors (Lipinski definition) is 1. The van der Waals surface area contributed by atoms with Crippen molar-refractivity contribution in [3.05, 3.63) is 34.9 Å². The third-order valence-corrected chi connectivity index (χ3v) is 6.82. The van der Waals surface area contributed by atoms with Crippen LogP contribution in [0.3, 0.4) is 0 Å². The zero-order valence-electron chi connectivity index (χ0n) is 17.2. The minimum absolute atomic E-state index is 0.116. The Bertz CT molecular complexity index is 725. The van der Waals surface area contributed by atoms with E-state index >= 15 is 0 Å². The maximum atomic E-state index is 12.6. The SMILES string of the molecule is CN=C(NCCS(=O)C(C)(C)C)N1CCN(C(=O)Cc2cccc(Cl)c2)CC1. The second-order valence-corrected chi connectivity index (χ2v) is 10.6. The summed E-state index contributed by atoms with van der Waals surface area (Å²) in [5.41, 5.74) is 0.934. The zero-order valence-corrected chi connectivity index (χ0v) is 18.8. The van der Waals surface area contributed by atoms with Gasteiger partial charge in [-0.05, 0) is 38.5 Å². The fourth-order valence-electron chi connectivity index (χ4n) is 3.00. The first-order valence-corrected chi connectivity index (χ1v) is 11.3. The molecule has 0 aliphatic carbocycles. The van der Waals surface area contributed by atoms with Gasteiger partial charge in [-0.1, -0.05) is 23.7 Å². The van der Waals surface area contributed by atoms with E-state index < -0.39 is 10.8 Å². The van der Waals surface area contributed by atoms with Crippen LogP contribution in [0.2, 0.25) is 5.02 Å². The second-order valence-electron chi connectivity index (χ2n) is 7.81. The lowest BCUT2D eigenvalue weighted by Gasteiger charge is -2.36. The molecule has 8 heteroatoms. The van der Waals surface area contributed by atoms with Crippen LogP contribution in [0.25, 0.3) is 0 Å². The molecule has 0 bridgehead atoms. The number of nitrogens with one attached hydrogen (secondary N) is 1. The molecule has 1 heterocycles. The lowest BCUT2D eigenvalue weighted by Crippen LogP contribution is -2.54. The van der Waals surface area contributed by atoms with E-state index in [2.05, 4.69) is 15.2 Å². The van der Waals surface area contributed by atoms with Crippen molar-refractivity contribution in [2.24, 2.45) is 4.99 Å². The average molecular weight is 427 g/mol. The fraction of sp³-hybridized carbons (Fsp3) is 0.600. The predicted molar refractivity (Wildman–Crippen MR) is 117 cm³/mol. The van der Waals surface area contributed by atoms with Crippen LogP contribution in [0, 0.1) is 0 Å². The number of amides is 1. The van der Waals surface area contributed by atoms with Crippen LogP contribution in [0.4, 0.5) is 0 Å². The van der Waals surface area contributed by atoms with Gasteiger partial charge >= 0.3 is 0 Å². The Balaban J connectivity index is 1.79. The van der Waals surface area contributed by atoms with Gasteiger partial charge in [-0.2, -0.15) is 0 Å². The van der Waals surface area contributed by atoms with Gasteiger partial charge in [0.25, 0.3) is 0 Å². The van der Waals surface area contributed by atoms with Crippen molar-refractivity contribution in [3.8, 4) is 0 Å². The molecule has 6 nitrogen and oxygen atoms in total. The Morgan fingerprint density at radius 3 is 2.43 bits per heavy atom. The standard InChI is InChI=1S/C20H31ClN4O2S/c1-20(2,3)28(27)13-8-23-19(22-4)25-11-9-24(10-12-25)18(26)15-16-6-5-7-17(21)14-16/h5-7,14H,8-13,15H2,1-4H3,(H,22,23). The zero-order chi connectivity index (χ0) is 20.7. The van der Waals surface area contributed by atoms with E-state index in [-0.39, 0.29) is 10.7 Å². The first-order valence-electron chi connectivity index (χ1n) is 9.57. The third kappa shape index (κ3) is 6.78. The number of carbonyl (C=O) groups is 1. The monoisotopic (exact) mass is 426 g/mol. The van der Waals surface area contributed by atoms with Crippen molar-refractivity contribution >= 4 is 34.3 Å². The summed E-state index contributed by atoms with van der Waals surface area (Å²) < 4.78 is 12.0. The summed E-state index contributed by atoms with van der Waals surface area (Å²) in [5.74, 6) is 1.50. The van der Waals surface area contributed by atoms with Crippen molar-refractivity contribution in [2.75, 3.05) is 45.5 Å². The van der Waals surface area contributed by atoms with Gasteiger partial charge in [-0.3, -0.25) is 14.0 Å². The number of carbonyl (C=O) groups excluding carboxylic acids is 1. The number of benzene rings is 1. The Hall–Kier alpha value is -1.60. The van der Waals surface area contributed by atoms with Gasteiger partial charge in [0.2, 0.25) is 5.91 Å². The highest BCUT2D eigenvalue weighted by Gasteiger charge is 2.24. The molecule has 1 amide bonds. The normalized spacial score (nSPS) is 16.8. The molecule has 156 valence electrons. The van der Waals surface area contributed by atoms with E-state index in [0.29, 0.717) is 36.8 Å². The summed E-state index contributed by atoms with van der Waals surface area (Å²) in [4.78, 5) is 20.9. The summed E-state index contributed by atoms with van der Waals surface area (Å²) in [7, 11) is 0.858. The van der Waals surface area contributed by atoms with Crippen LogP contribution in [0.1, 0.15) is 26.3 Å². The highest BCUT2D eigenvalue weighted by molar-refractivity contribution is 7.86. The summed E-state index contributed by atoms with van der Waals surface area (Å²) in [6.45, 7) is 9.34. The molecule has 1 saturated heterocycles. The van der Waals surface area contributed by atoms with Crippen LogP contribution in [-0.4, -0.2) is 76.1 Å². The van der Waals surface area contributed by atoms with Gasteiger partial charge < -0.3 is 15.1 Å². The molecule has 0 aromatic heterocycles. The molecule has 1 aromatic rings. The third-order valence-electron chi connectivity index (χ3n) is 4.64. The lowest BCUT2D eigenvalue weighted by molar-refractivity contribution is -0.131. The van der Waals surface area contributed by atoms with Gasteiger partial charge in [-0.15, -0.1) is 0 Å². The van der Waals surface area contributed by atoms with E-state index in [1.807, 2.05) is 49.9 Å². The van der Waals surface area contributed by atoms with Crippen LogP contribution >= 0.6 is 11.6 Å². The number of guanidine groups is 1. The van der Waals surface area contributed by atoms with Crippen molar-refractivity contribution in [1.29, 1.82) is 0 Å². The summed E-state index contributed by atoms with van der Waals surface area (Å²) in [6.07, 6.45) is 0.367. The minimum Gasteiger partial charge on any atom is -0.355 e. The first kappa shape index (κ1) is 22.7. The van der Waals surface area contributed by atoms with Gasteiger partial charge in [0, 0.05) is 66.1 Å². The second kappa shape index (κ2) is 10.3. The summed E-state index contributed by atoms with van der Waals surface area (Å²) in [5, 5.41) is 3.95. The average Bonchev–Trinajstić information content (AvgIpc) is 2.64. The largest absolute Gasteiger partial charge is 0.355 e. The highest BCUT2D eigenvalue weighted by Crippen LogP contribution is 2.13. The van der Waals surface area contributed by atoms with Crippen molar-refractivity contribution in [2.45, 2.75) is 31.9 Å². The van der Waals surface area contributed by atoms with E-state index in [1.54, 1.807) is 7.05 Å². The molecule has 1 aromatic carbocycles. The smallest absolute Gasteiger partial charge is 0.227 e. The van der Waals surface area contributed by atoms with Gasteiger partial charge in [0.15, 0.2) is 5.96 Å². The molecule has 28 heavy (non-hydrogen) atoms. The topological polar surface area (TPSA) is 65.0 Å². The molecular weight excluding hydrogens is 396 g/mol. The Morgan fingerprint density at radius 2 is 1.86 bits per heavy atom. The van der Waals surface area contributed by atoms with Gasteiger partial charge in [-0.25, -0.2) is 0 Å². The number of aliphatic imine (C=N–C) groups is 1. The van der Waals surface area contributed by atoms with E-state index in [9.17, 15) is 9.00 Å². The number of piperazine rings is 1. The Morgan fingerprint density at radius 1 is 1.21 bits per heavy atom. The van der Waals surface area contributed by atoms with Gasteiger partial charge in [0.05, 0.1) is 6.42 Å². The molecule has 1 aliphatic rings. The van der Waals surface area contributed by atoms with Crippen LogP contribution in [0.15, 0.2) is 29.3 Å². The molecule has 1 atom stereocenters. The lowest BCUT2D eigenvalue weighted by atomic mass is 10.1. The number of rotatable bonds is 5. The van der Waals surface area contributed by atoms with Crippen LogP contribution < -0.4 is 5.32 Å². The van der Waals surface area contributed by atoms with Crippen molar-refractivity contribution in [3.63, 3.8) is 0 Å². The molecule has 2 rings (SSSR count). The Kier molecular flexibility index (Phi) is 8.31. The van der Waals surface area contributed by atoms with E-state index in [0.717, 1.165) is 24.6 Å². The first-order chi connectivity index (χ1) is 13.2. The van der Waals surface area contributed by atoms with Gasteiger partial charge in [0.1, 0.15) is 0 Å². The van der Waals surface area contributed by atoms with Crippen LogP contribution in [-0.2, 0) is 22.0 Å². The Labute approximate surface area is 175 Å². The molecule has 0 radical (unpaired) electrons. The molecule has 1 aliphatic heterocycles. The molecule has 1 fully saturated rings. The van der Waals surface area contributed by atoms with Crippen molar-refractivity contribution < 1.29 is 9.00 Å². The fourth-order valence-corrected chi connectivity index (χ4v) is 4.11. The summed E-state index contributed by atoms with van der Waals surface area (Å²) in [6, 6.07) is 7.44. The minimum atomic E-state index is -0.892. The molecule has 0 saturated carbocycles. The maximum absolute atomic E-state index is 12.6. The molecular formula is C20H31ClN4O2S. The number of nitrogens with zero attached hydrogens (tertiary/aromatic N) is 3. The number of hydrogen-bond acceptors (Lipinski definition) is 3. The number of halogens is 1. The molecule has 0 spiro atoms. The molecule has 1 unspecified atom stereocenters. The van der Waals surface area contributed by atoms with E-state index in [1.165, 1.54) is 0 Å². The predicted octanol–water partition coefficient (Wildman–Crippen LogP) is 2.15.